The number of likely N-dealkylation sites (N-methyl/N-ethyl adjacent to an activating group) is 1. The molecule has 0 spiro atoms. The number of rotatable bonds is 6. The second-order valence-electron chi connectivity index (χ2n) is 6.21. The molecule has 0 aliphatic carbocycles. The Bertz CT molecular complexity index is 747. The number of para-hydroxylation sites is 2. The van der Waals surface area contributed by atoms with Gasteiger partial charge >= 0.3 is 0 Å². The summed E-state index contributed by atoms with van der Waals surface area (Å²) in [7, 11) is 0. The van der Waals surface area contributed by atoms with Gasteiger partial charge in [0.1, 0.15) is 0 Å². The van der Waals surface area contributed by atoms with E-state index in [0.717, 1.165) is 49.0 Å². The summed E-state index contributed by atoms with van der Waals surface area (Å²) in [5, 5.41) is 3.74. The van der Waals surface area contributed by atoms with E-state index in [1.807, 2.05) is 42.5 Å². The number of nitrogens with zero attached hydrogens (tertiary/aromatic N) is 2. The van der Waals surface area contributed by atoms with Gasteiger partial charge in [-0.05, 0) is 30.8 Å². The summed E-state index contributed by atoms with van der Waals surface area (Å²) in [6, 6.07) is 15.6. The Balaban J connectivity index is 1.61. The van der Waals surface area contributed by atoms with Crippen LogP contribution < -0.4 is 10.2 Å². The molecule has 6 heteroatoms. The number of piperazine rings is 1. The molecule has 0 atom stereocenters. The van der Waals surface area contributed by atoms with Crippen molar-refractivity contribution < 1.29 is 4.79 Å². The fourth-order valence-electron chi connectivity index (χ4n) is 3.05. The molecule has 138 valence electrons. The molecule has 1 aliphatic heterocycles. The molecule has 26 heavy (non-hydrogen) atoms. The molecule has 0 aromatic heterocycles. The average Bonchev–Trinajstić information content (AvgIpc) is 2.68. The fraction of sp³-hybridized carbons (Fsp3) is 0.350. The molecule has 0 unspecified atom stereocenters. The van der Waals surface area contributed by atoms with Crippen LogP contribution in [-0.2, 0) is 4.79 Å². The van der Waals surface area contributed by atoms with Crippen molar-refractivity contribution in [3.05, 3.63) is 53.6 Å². The van der Waals surface area contributed by atoms with Crippen LogP contribution in [0.4, 0.5) is 11.4 Å². The number of hydrogen-bond donors (Lipinski definition) is 1. The molecule has 1 aliphatic rings. The number of amides is 1. The van der Waals surface area contributed by atoms with E-state index in [-0.39, 0.29) is 5.91 Å². The minimum absolute atomic E-state index is 0.0189. The highest BCUT2D eigenvalue weighted by molar-refractivity contribution is 8.00. The molecule has 0 saturated carbocycles. The molecule has 1 fully saturated rings. The van der Waals surface area contributed by atoms with Crippen molar-refractivity contribution in [1.82, 2.24) is 4.90 Å². The molecule has 2 aromatic carbocycles. The van der Waals surface area contributed by atoms with Crippen LogP contribution in [0.15, 0.2) is 53.4 Å². The zero-order valence-electron chi connectivity index (χ0n) is 15.0. The third-order valence-corrected chi connectivity index (χ3v) is 6.05. The van der Waals surface area contributed by atoms with Crippen molar-refractivity contribution in [3.8, 4) is 0 Å². The van der Waals surface area contributed by atoms with Gasteiger partial charge in [0.05, 0.1) is 22.2 Å². The monoisotopic (exact) mass is 389 g/mol. The molecule has 3 rings (SSSR count). The van der Waals surface area contributed by atoms with Crippen molar-refractivity contribution in [3.63, 3.8) is 0 Å². The quantitative estimate of drug-likeness (QED) is 0.750. The van der Waals surface area contributed by atoms with Crippen molar-refractivity contribution in [2.75, 3.05) is 48.7 Å². The summed E-state index contributed by atoms with van der Waals surface area (Å²) in [6.45, 7) is 7.36. The van der Waals surface area contributed by atoms with Crippen LogP contribution in [-0.4, -0.2) is 49.3 Å². The Morgan fingerprint density at radius 2 is 1.77 bits per heavy atom. The van der Waals surface area contributed by atoms with Gasteiger partial charge in [0.25, 0.3) is 0 Å². The maximum absolute atomic E-state index is 12.4. The van der Waals surface area contributed by atoms with Crippen LogP contribution >= 0.6 is 23.4 Å². The molecule has 1 amide bonds. The van der Waals surface area contributed by atoms with Crippen LogP contribution in [0.5, 0.6) is 0 Å². The van der Waals surface area contributed by atoms with Crippen LogP contribution in [0.3, 0.4) is 0 Å². The van der Waals surface area contributed by atoms with Crippen LogP contribution in [0.25, 0.3) is 0 Å². The predicted molar refractivity (Wildman–Crippen MR) is 112 cm³/mol. The lowest BCUT2D eigenvalue weighted by atomic mass is 10.2. The van der Waals surface area contributed by atoms with Gasteiger partial charge in [0.2, 0.25) is 5.91 Å². The number of benzene rings is 2. The number of hydrogen-bond acceptors (Lipinski definition) is 4. The first-order valence-corrected chi connectivity index (χ1v) is 10.3. The van der Waals surface area contributed by atoms with Gasteiger partial charge in [0, 0.05) is 31.1 Å². The first-order valence-electron chi connectivity index (χ1n) is 8.91. The fourth-order valence-corrected chi connectivity index (χ4v) is 4.09. The second-order valence-corrected chi connectivity index (χ2v) is 7.63. The van der Waals surface area contributed by atoms with Gasteiger partial charge in [-0.3, -0.25) is 4.79 Å². The second kappa shape index (κ2) is 9.31. The van der Waals surface area contributed by atoms with Gasteiger partial charge in [-0.25, -0.2) is 0 Å². The maximum atomic E-state index is 12.4. The normalized spacial score (nSPS) is 15.1. The minimum Gasteiger partial charge on any atom is -0.367 e. The number of carbonyl (C=O) groups is 1. The highest BCUT2D eigenvalue weighted by atomic mass is 35.5. The van der Waals surface area contributed by atoms with E-state index in [2.05, 4.69) is 28.1 Å². The zero-order chi connectivity index (χ0) is 18.4. The molecule has 0 bridgehead atoms. The lowest BCUT2D eigenvalue weighted by molar-refractivity contribution is -0.113. The van der Waals surface area contributed by atoms with E-state index in [1.165, 1.54) is 11.8 Å². The minimum atomic E-state index is -0.0189. The summed E-state index contributed by atoms with van der Waals surface area (Å²) in [5.74, 6) is 0.316. The van der Waals surface area contributed by atoms with Gasteiger partial charge < -0.3 is 15.1 Å². The zero-order valence-corrected chi connectivity index (χ0v) is 16.5. The van der Waals surface area contributed by atoms with Crippen molar-refractivity contribution in [2.45, 2.75) is 11.8 Å². The molecular formula is C20H24ClN3OS. The van der Waals surface area contributed by atoms with Crippen molar-refractivity contribution in [1.29, 1.82) is 0 Å². The SMILES string of the molecule is CCN1CCN(c2ccccc2NC(=O)CSc2ccccc2Cl)CC1. The Morgan fingerprint density at radius 1 is 1.08 bits per heavy atom. The molecule has 2 aromatic rings. The van der Waals surface area contributed by atoms with E-state index < -0.39 is 0 Å². The summed E-state index contributed by atoms with van der Waals surface area (Å²) < 4.78 is 0. The molecular weight excluding hydrogens is 366 g/mol. The van der Waals surface area contributed by atoms with Crippen LogP contribution in [0.1, 0.15) is 6.92 Å². The topological polar surface area (TPSA) is 35.6 Å². The Kier molecular flexibility index (Phi) is 6.83. The number of thioether (sulfide) groups is 1. The highest BCUT2D eigenvalue weighted by Crippen LogP contribution is 2.29. The Hall–Kier alpha value is -1.69. The third-order valence-electron chi connectivity index (χ3n) is 4.53. The molecule has 4 nitrogen and oxygen atoms in total. The van der Waals surface area contributed by atoms with E-state index in [9.17, 15) is 4.79 Å². The summed E-state index contributed by atoms with van der Waals surface area (Å²) >= 11 is 7.61. The first kappa shape index (κ1) is 19.1. The number of anilines is 2. The van der Waals surface area contributed by atoms with E-state index in [1.54, 1.807) is 0 Å². The summed E-state index contributed by atoms with van der Waals surface area (Å²) in [4.78, 5) is 18.1. The van der Waals surface area contributed by atoms with Crippen molar-refractivity contribution >= 4 is 40.6 Å². The smallest absolute Gasteiger partial charge is 0.234 e. The van der Waals surface area contributed by atoms with Crippen LogP contribution in [0, 0.1) is 0 Å². The lowest BCUT2D eigenvalue weighted by Gasteiger charge is -2.36. The standard InChI is InChI=1S/C20H24ClN3OS/c1-2-23-11-13-24(14-12-23)18-9-5-4-8-17(18)22-20(25)15-26-19-10-6-3-7-16(19)21/h3-10H,2,11-15H2,1H3,(H,22,25). The predicted octanol–water partition coefficient (Wildman–Crippen LogP) is 4.21. The maximum Gasteiger partial charge on any atom is 0.234 e. The van der Waals surface area contributed by atoms with E-state index >= 15 is 0 Å². The van der Waals surface area contributed by atoms with Gasteiger partial charge in [-0.1, -0.05) is 42.8 Å². The highest BCUT2D eigenvalue weighted by Gasteiger charge is 2.18. The van der Waals surface area contributed by atoms with Gasteiger partial charge in [-0.2, -0.15) is 0 Å². The molecule has 1 heterocycles. The first-order chi connectivity index (χ1) is 12.7. The van der Waals surface area contributed by atoms with Crippen molar-refractivity contribution in [2.24, 2.45) is 0 Å². The average molecular weight is 390 g/mol. The Labute approximate surface area is 164 Å². The largest absolute Gasteiger partial charge is 0.367 e. The summed E-state index contributed by atoms with van der Waals surface area (Å²) in [6.07, 6.45) is 0. The molecule has 1 N–H and O–H groups in total. The van der Waals surface area contributed by atoms with Crippen LogP contribution in [0.2, 0.25) is 5.02 Å². The summed E-state index contributed by atoms with van der Waals surface area (Å²) in [5.41, 5.74) is 1.97. The Morgan fingerprint density at radius 3 is 2.50 bits per heavy atom. The third kappa shape index (κ3) is 4.93. The van der Waals surface area contributed by atoms with E-state index in [0.29, 0.717) is 10.8 Å². The number of nitrogens with one attached hydrogen (secondary N) is 1. The van der Waals surface area contributed by atoms with E-state index in [4.69, 9.17) is 11.6 Å². The molecule has 0 radical (unpaired) electrons. The number of halogens is 1. The number of carbonyl (C=O) groups excluding carboxylic acids is 1. The molecule has 1 saturated heterocycles. The lowest BCUT2D eigenvalue weighted by Crippen LogP contribution is -2.46. The van der Waals surface area contributed by atoms with Gasteiger partial charge in [-0.15, -0.1) is 11.8 Å². The van der Waals surface area contributed by atoms with Gasteiger partial charge in [0.15, 0.2) is 0 Å².